The van der Waals surface area contributed by atoms with Gasteiger partial charge in [0.25, 0.3) is 0 Å². The number of nitrogens with zero attached hydrogens (tertiary/aromatic N) is 3. The minimum absolute atomic E-state index is 0.573. The highest BCUT2D eigenvalue weighted by molar-refractivity contribution is 5.75. The Morgan fingerprint density at radius 3 is 2.75 bits per heavy atom. The Kier molecular flexibility index (Phi) is 3.21. The molecule has 1 aliphatic rings. The summed E-state index contributed by atoms with van der Waals surface area (Å²) in [4.78, 5) is 13.3. The van der Waals surface area contributed by atoms with E-state index >= 15 is 0 Å². The van der Waals surface area contributed by atoms with Crippen molar-refractivity contribution >= 4 is 5.97 Å². The molecule has 0 bridgehead atoms. The molecule has 2 N–H and O–H groups in total. The highest BCUT2D eigenvalue weighted by Crippen LogP contribution is 2.20. The lowest BCUT2D eigenvalue weighted by Gasteiger charge is -2.31. The third-order valence-corrected chi connectivity index (χ3v) is 2.79. The molecule has 2 rings (SSSR count). The van der Waals surface area contributed by atoms with Gasteiger partial charge in [-0.25, -0.2) is 0 Å². The van der Waals surface area contributed by atoms with Crippen LogP contribution in [0.25, 0.3) is 0 Å². The second-order valence-corrected chi connectivity index (χ2v) is 3.97. The lowest BCUT2D eigenvalue weighted by molar-refractivity contribution is -0.143. The summed E-state index contributed by atoms with van der Waals surface area (Å²) < 4.78 is 1.63. The number of carboxylic acid groups (broad SMARTS) is 1. The number of nitrogens with one attached hydrogen (secondary N) is 1. The number of aryl methyl sites for hydroxylation is 1. The molecular formula is C10H16N4O2. The molecule has 16 heavy (non-hydrogen) atoms. The topological polar surface area (TPSA) is 70.4 Å². The van der Waals surface area contributed by atoms with Crippen molar-refractivity contribution in [3.05, 3.63) is 18.0 Å². The molecule has 1 atom stereocenters. The van der Waals surface area contributed by atoms with Gasteiger partial charge in [0.05, 0.1) is 6.20 Å². The van der Waals surface area contributed by atoms with E-state index in [4.69, 9.17) is 0 Å². The Labute approximate surface area is 93.9 Å². The number of aromatic nitrogens is 2. The van der Waals surface area contributed by atoms with Gasteiger partial charge in [-0.1, -0.05) is 0 Å². The van der Waals surface area contributed by atoms with Crippen LogP contribution >= 0.6 is 0 Å². The van der Waals surface area contributed by atoms with Gasteiger partial charge in [0, 0.05) is 45.0 Å². The first-order chi connectivity index (χ1) is 7.68. The van der Waals surface area contributed by atoms with Crippen LogP contribution in [0.4, 0.5) is 0 Å². The summed E-state index contributed by atoms with van der Waals surface area (Å²) in [5.74, 6) is -0.810. The zero-order valence-electron chi connectivity index (χ0n) is 9.26. The molecule has 1 saturated heterocycles. The molecule has 1 fully saturated rings. The predicted molar refractivity (Wildman–Crippen MR) is 58.0 cm³/mol. The number of hydrogen-bond donors (Lipinski definition) is 2. The Hall–Kier alpha value is -1.40. The molecule has 1 aromatic heterocycles. The van der Waals surface area contributed by atoms with E-state index < -0.39 is 12.0 Å². The third kappa shape index (κ3) is 2.23. The summed E-state index contributed by atoms with van der Waals surface area (Å²) in [5.41, 5.74) is 0.747. The van der Waals surface area contributed by atoms with Crippen LogP contribution in [0.5, 0.6) is 0 Å². The number of rotatable bonds is 3. The minimum atomic E-state index is -0.810. The van der Waals surface area contributed by atoms with E-state index in [1.54, 1.807) is 24.1 Å². The molecule has 0 aromatic carbocycles. The summed E-state index contributed by atoms with van der Waals surface area (Å²) in [7, 11) is 1.79. The van der Waals surface area contributed by atoms with Crippen LogP contribution in [0, 0.1) is 0 Å². The standard InChI is InChI=1S/C10H16N4O2/c1-13-7-8(6-12-13)9(10(15)16)14-4-2-11-3-5-14/h6-7,9,11H,2-5H2,1H3,(H,15,16). The number of carbonyl (C=O) groups is 1. The van der Waals surface area contributed by atoms with Crippen LogP contribution in [0.1, 0.15) is 11.6 Å². The summed E-state index contributed by atoms with van der Waals surface area (Å²) in [5, 5.41) is 16.5. The second kappa shape index (κ2) is 4.63. The first-order valence-corrected chi connectivity index (χ1v) is 5.34. The van der Waals surface area contributed by atoms with E-state index in [1.165, 1.54) is 0 Å². The summed E-state index contributed by atoms with van der Waals surface area (Å²) in [6.07, 6.45) is 3.39. The van der Waals surface area contributed by atoms with Crippen LogP contribution in [0.15, 0.2) is 12.4 Å². The number of piperazine rings is 1. The van der Waals surface area contributed by atoms with Gasteiger partial charge < -0.3 is 10.4 Å². The SMILES string of the molecule is Cn1cc(C(C(=O)O)N2CCNCC2)cn1. The molecule has 0 saturated carbocycles. The number of carboxylic acids is 1. The van der Waals surface area contributed by atoms with Gasteiger partial charge in [0.2, 0.25) is 0 Å². The maximum absolute atomic E-state index is 11.3. The van der Waals surface area contributed by atoms with Gasteiger partial charge in [-0.05, 0) is 0 Å². The Morgan fingerprint density at radius 1 is 1.56 bits per heavy atom. The fraction of sp³-hybridized carbons (Fsp3) is 0.600. The molecule has 0 spiro atoms. The molecule has 0 aliphatic carbocycles. The van der Waals surface area contributed by atoms with Crippen LogP contribution in [-0.2, 0) is 11.8 Å². The molecule has 88 valence electrons. The highest BCUT2D eigenvalue weighted by atomic mass is 16.4. The quantitative estimate of drug-likeness (QED) is 0.721. The van der Waals surface area contributed by atoms with E-state index in [2.05, 4.69) is 10.4 Å². The van der Waals surface area contributed by atoms with E-state index in [1.807, 2.05) is 4.90 Å². The molecule has 1 unspecified atom stereocenters. The normalized spacial score (nSPS) is 19.6. The van der Waals surface area contributed by atoms with Gasteiger partial charge in [-0.3, -0.25) is 14.4 Å². The molecule has 6 nitrogen and oxygen atoms in total. The minimum Gasteiger partial charge on any atom is -0.480 e. The zero-order chi connectivity index (χ0) is 11.5. The van der Waals surface area contributed by atoms with Gasteiger partial charge in [-0.15, -0.1) is 0 Å². The monoisotopic (exact) mass is 224 g/mol. The summed E-state index contributed by atoms with van der Waals surface area (Å²) >= 11 is 0. The predicted octanol–water partition coefficient (Wildman–Crippen LogP) is -0.549. The van der Waals surface area contributed by atoms with Gasteiger partial charge in [-0.2, -0.15) is 5.10 Å². The lowest BCUT2D eigenvalue weighted by atomic mass is 10.1. The number of hydrogen-bond acceptors (Lipinski definition) is 4. The fourth-order valence-electron chi connectivity index (χ4n) is 2.03. The van der Waals surface area contributed by atoms with E-state index in [-0.39, 0.29) is 0 Å². The Bertz CT molecular complexity index is 371. The van der Waals surface area contributed by atoms with Gasteiger partial charge in [0.15, 0.2) is 0 Å². The van der Waals surface area contributed by atoms with Crippen LogP contribution in [-0.4, -0.2) is 51.9 Å². The van der Waals surface area contributed by atoms with Crippen molar-refractivity contribution in [2.24, 2.45) is 7.05 Å². The van der Waals surface area contributed by atoms with Crippen LogP contribution in [0.3, 0.4) is 0 Å². The second-order valence-electron chi connectivity index (χ2n) is 3.97. The first-order valence-electron chi connectivity index (χ1n) is 5.34. The smallest absolute Gasteiger partial charge is 0.325 e. The maximum atomic E-state index is 11.3. The van der Waals surface area contributed by atoms with Crippen LogP contribution in [0.2, 0.25) is 0 Å². The lowest BCUT2D eigenvalue weighted by Crippen LogP contribution is -2.47. The van der Waals surface area contributed by atoms with E-state index in [9.17, 15) is 9.90 Å². The first kappa shape index (κ1) is 11.1. The van der Waals surface area contributed by atoms with Crippen molar-refractivity contribution in [2.45, 2.75) is 6.04 Å². The molecule has 0 amide bonds. The Balaban J connectivity index is 2.19. The highest BCUT2D eigenvalue weighted by Gasteiger charge is 2.29. The Morgan fingerprint density at radius 2 is 2.25 bits per heavy atom. The molecule has 1 aromatic rings. The number of aliphatic carboxylic acids is 1. The maximum Gasteiger partial charge on any atom is 0.325 e. The van der Waals surface area contributed by atoms with Crippen molar-refractivity contribution in [1.29, 1.82) is 0 Å². The largest absolute Gasteiger partial charge is 0.480 e. The zero-order valence-corrected chi connectivity index (χ0v) is 9.26. The summed E-state index contributed by atoms with van der Waals surface area (Å²) in [6, 6.07) is -0.573. The van der Waals surface area contributed by atoms with Crippen molar-refractivity contribution in [2.75, 3.05) is 26.2 Å². The van der Waals surface area contributed by atoms with Crippen LogP contribution < -0.4 is 5.32 Å². The van der Waals surface area contributed by atoms with Crippen molar-refractivity contribution in [3.8, 4) is 0 Å². The third-order valence-electron chi connectivity index (χ3n) is 2.79. The van der Waals surface area contributed by atoms with Gasteiger partial charge >= 0.3 is 5.97 Å². The average molecular weight is 224 g/mol. The molecule has 2 heterocycles. The van der Waals surface area contributed by atoms with E-state index in [0.717, 1.165) is 31.7 Å². The van der Waals surface area contributed by atoms with Crippen molar-refractivity contribution in [1.82, 2.24) is 20.0 Å². The summed E-state index contributed by atoms with van der Waals surface area (Å²) in [6.45, 7) is 3.19. The van der Waals surface area contributed by atoms with Crippen molar-refractivity contribution in [3.63, 3.8) is 0 Å². The molecule has 0 radical (unpaired) electrons. The average Bonchev–Trinajstić information content (AvgIpc) is 2.66. The fourth-order valence-corrected chi connectivity index (χ4v) is 2.03. The molecule has 6 heteroatoms. The van der Waals surface area contributed by atoms with Crippen molar-refractivity contribution < 1.29 is 9.90 Å². The molecule has 1 aliphatic heterocycles. The van der Waals surface area contributed by atoms with E-state index in [0.29, 0.717) is 0 Å². The molecular weight excluding hydrogens is 208 g/mol. The van der Waals surface area contributed by atoms with Gasteiger partial charge in [0.1, 0.15) is 6.04 Å².